The second-order valence-electron chi connectivity index (χ2n) is 11.5. The van der Waals surface area contributed by atoms with E-state index in [0.717, 1.165) is 49.9 Å². The first-order valence-electron chi connectivity index (χ1n) is 13.4. The molecule has 1 N–H and O–H groups in total. The topological polar surface area (TPSA) is 87.2 Å². The van der Waals surface area contributed by atoms with Crippen LogP contribution in [0, 0.1) is 36.0 Å². The van der Waals surface area contributed by atoms with Gasteiger partial charge in [0.2, 0.25) is 11.8 Å². The number of ether oxygens (including phenoxy) is 1. The van der Waals surface area contributed by atoms with Crippen LogP contribution in [0.25, 0.3) is 0 Å². The molecule has 37 heavy (non-hydrogen) atoms. The largest absolute Gasteiger partial charge is 0.477 e. The number of anilines is 1. The van der Waals surface area contributed by atoms with Crippen LogP contribution in [0.2, 0.25) is 0 Å². The van der Waals surface area contributed by atoms with Crippen molar-refractivity contribution in [3.8, 4) is 11.8 Å². The van der Waals surface area contributed by atoms with Crippen molar-refractivity contribution in [1.82, 2.24) is 4.90 Å². The Labute approximate surface area is 225 Å². The van der Waals surface area contributed by atoms with E-state index in [2.05, 4.69) is 18.8 Å². The number of nitrogens with zero attached hydrogens (tertiary/aromatic N) is 2. The molecule has 204 valence electrons. The van der Waals surface area contributed by atoms with Gasteiger partial charge in [0.25, 0.3) is 0 Å². The maximum atomic E-state index is 14.2. The Morgan fingerprint density at radius 1 is 1.16 bits per heavy atom. The van der Waals surface area contributed by atoms with Gasteiger partial charge in [0.05, 0.1) is 17.2 Å². The molecule has 0 spiro atoms. The highest BCUT2D eigenvalue weighted by Gasteiger charge is 2.41. The van der Waals surface area contributed by atoms with Gasteiger partial charge in [-0.3, -0.25) is 14.5 Å². The fourth-order valence-electron chi connectivity index (χ4n) is 5.17. The van der Waals surface area contributed by atoms with Crippen molar-refractivity contribution in [3.05, 3.63) is 15.3 Å². The number of likely N-dealkylation sites (tertiary alicyclic amines) is 1. The Kier molecular flexibility index (Phi) is 9.82. The molecule has 2 amide bonds. The molecule has 8 heteroatoms. The third kappa shape index (κ3) is 7.14. The van der Waals surface area contributed by atoms with Crippen LogP contribution in [-0.2, 0) is 14.3 Å². The summed E-state index contributed by atoms with van der Waals surface area (Å²) in [5.41, 5.74) is 0.761. The Morgan fingerprint density at radius 3 is 2.43 bits per heavy atom. The molecule has 1 saturated carbocycles. The van der Waals surface area contributed by atoms with Gasteiger partial charge in [0.1, 0.15) is 10.9 Å². The second kappa shape index (κ2) is 12.4. The van der Waals surface area contributed by atoms with E-state index in [1.165, 1.54) is 0 Å². The molecule has 7 nitrogen and oxygen atoms in total. The van der Waals surface area contributed by atoms with Crippen molar-refractivity contribution >= 4 is 34.8 Å². The normalized spacial score (nSPS) is 22.7. The van der Waals surface area contributed by atoms with Crippen molar-refractivity contribution in [2.45, 2.75) is 85.6 Å². The average molecular weight is 531 g/mol. The maximum Gasteiger partial charge on any atom is 0.348 e. The minimum Gasteiger partial charge on any atom is -0.477 e. The van der Waals surface area contributed by atoms with E-state index in [1.807, 2.05) is 27.7 Å². The number of rotatable bonds is 7. The van der Waals surface area contributed by atoms with Gasteiger partial charge in [-0.15, -0.1) is 11.3 Å². The van der Waals surface area contributed by atoms with Crippen molar-refractivity contribution in [2.24, 2.45) is 17.3 Å². The lowest BCUT2D eigenvalue weighted by Crippen LogP contribution is -2.53. The number of amides is 2. The summed E-state index contributed by atoms with van der Waals surface area (Å²) in [5.74, 6) is 5.36. The Bertz CT molecular complexity index is 1050. The van der Waals surface area contributed by atoms with E-state index in [9.17, 15) is 19.5 Å². The fraction of sp³-hybridized carbons (Fsp3) is 0.690. The highest BCUT2D eigenvalue weighted by atomic mass is 32.1. The standard InChI is InChI=1S/C29H42N2O5S/c1-19-10-12-21(13-11-19)26(32)31(22-9-7-8-16-30(27(22)33)17-18-36-6)24-20(2)23(14-15-29(3,4)5)37-25(24)28(34)35/h19,21-22H,7-13,16-18H2,1-6H3,(H,34,35)/t19?,21?,22-/m0/s1. The lowest BCUT2D eigenvalue weighted by molar-refractivity contribution is -0.135. The van der Waals surface area contributed by atoms with Crippen molar-refractivity contribution in [2.75, 3.05) is 31.7 Å². The summed E-state index contributed by atoms with van der Waals surface area (Å²) in [6.45, 7) is 11.5. The highest BCUT2D eigenvalue weighted by molar-refractivity contribution is 7.15. The summed E-state index contributed by atoms with van der Waals surface area (Å²) < 4.78 is 5.23. The fourth-order valence-corrected chi connectivity index (χ4v) is 6.17. The van der Waals surface area contributed by atoms with Gasteiger partial charge in [-0.1, -0.05) is 18.8 Å². The van der Waals surface area contributed by atoms with Crippen LogP contribution in [-0.4, -0.2) is 60.6 Å². The average Bonchev–Trinajstić information content (AvgIpc) is 3.05. The van der Waals surface area contributed by atoms with E-state index in [1.54, 1.807) is 16.9 Å². The van der Waals surface area contributed by atoms with Crippen LogP contribution in [0.15, 0.2) is 0 Å². The number of aromatic carboxylic acids is 1. The van der Waals surface area contributed by atoms with Crippen LogP contribution >= 0.6 is 11.3 Å². The van der Waals surface area contributed by atoms with Crippen LogP contribution < -0.4 is 4.90 Å². The zero-order valence-electron chi connectivity index (χ0n) is 23.2. The Balaban J connectivity index is 2.15. The molecule has 1 saturated heterocycles. The Morgan fingerprint density at radius 2 is 1.84 bits per heavy atom. The number of hydrogen-bond acceptors (Lipinski definition) is 5. The number of thiophene rings is 1. The summed E-state index contributed by atoms with van der Waals surface area (Å²) in [7, 11) is 1.60. The molecule has 1 aliphatic carbocycles. The van der Waals surface area contributed by atoms with Gasteiger partial charge >= 0.3 is 5.97 Å². The number of carboxylic acid groups (broad SMARTS) is 1. The molecule has 2 aliphatic rings. The van der Waals surface area contributed by atoms with Gasteiger partial charge in [0.15, 0.2) is 0 Å². The summed E-state index contributed by atoms with van der Waals surface area (Å²) in [4.78, 5) is 44.7. The minimum atomic E-state index is -1.10. The molecule has 3 rings (SSSR count). The third-order valence-electron chi connectivity index (χ3n) is 7.33. The molecule has 1 aromatic heterocycles. The minimum absolute atomic E-state index is 0.0775. The van der Waals surface area contributed by atoms with Gasteiger partial charge < -0.3 is 14.7 Å². The molecule has 1 atom stereocenters. The van der Waals surface area contributed by atoms with E-state index in [4.69, 9.17) is 4.74 Å². The molecular weight excluding hydrogens is 488 g/mol. The van der Waals surface area contributed by atoms with Crippen LogP contribution in [0.3, 0.4) is 0 Å². The van der Waals surface area contributed by atoms with Crippen LogP contribution in [0.1, 0.15) is 92.8 Å². The van der Waals surface area contributed by atoms with Crippen LogP contribution in [0.5, 0.6) is 0 Å². The summed E-state index contributed by atoms with van der Waals surface area (Å²) >= 11 is 1.10. The second-order valence-corrected chi connectivity index (χ2v) is 12.6. The molecule has 0 aromatic carbocycles. The number of carbonyl (C=O) groups excluding carboxylic acids is 2. The van der Waals surface area contributed by atoms with Crippen LogP contribution in [0.4, 0.5) is 5.69 Å². The monoisotopic (exact) mass is 530 g/mol. The molecule has 1 aromatic rings. The quantitative estimate of drug-likeness (QED) is 0.481. The predicted octanol–water partition coefficient (Wildman–Crippen LogP) is 5.34. The molecule has 0 radical (unpaired) electrons. The van der Waals surface area contributed by atoms with Gasteiger partial charge in [0, 0.05) is 37.1 Å². The summed E-state index contributed by atoms with van der Waals surface area (Å²) in [5, 5.41) is 10.2. The first-order valence-corrected chi connectivity index (χ1v) is 14.3. The first kappa shape index (κ1) is 29.2. The molecule has 2 fully saturated rings. The van der Waals surface area contributed by atoms with Crippen molar-refractivity contribution in [3.63, 3.8) is 0 Å². The number of methoxy groups -OCH3 is 1. The lowest BCUT2D eigenvalue weighted by atomic mass is 9.82. The molecule has 1 aliphatic heterocycles. The first-order chi connectivity index (χ1) is 17.4. The van der Waals surface area contributed by atoms with E-state index < -0.39 is 12.0 Å². The molecule has 0 bridgehead atoms. The molecular formula is C29H42N2O5S. The van der Waals surface area contributed by atoms with Gasteiger partial charge in [-0.25, -0.2) is 4.79 Å². The number of carbonyl (C=O) groups is 3. The molecule has 0 unspecified atom stereocenters. The van der Waals surface area contributed by atoms with Gasteiger partial charge in [-0.2, -0.15) is 0 Å². The smallest absolute Gasteiger partial charge is 0.348 e. The summed E-state index contributed by atoms with van der Waals surface area (Å²) in [6, 6.07) is -0.735. The Hall–Kier alpha value is -2.37. The maximum absolute atomic E-state index is 14.2. The van der Waals surface area contributed by atoms with E-state index in [-0.39, 0.29) is 28.0 Å². The number of hydrogen-bond donors (Lipinski definition) is 1. The molecule has 2 heterocycles. The zero-order valence-corrected chi connectivity index (χ0v) is 24.0. The highest BCUT2D eigenvalue weighted by Crippen LogP contribution is 2.40. The lowest BCUT2D eigenvalue weighted by Gasteiger charge is -2.37. The number of carboxylic acids is 1. The summed E-state index contributed by atoms with van der Waals surface area (Å²) in [6.07, 6.45) is 5.56. The predicted molar refractivity (Wildman–Crippen MR) is 147 cm³/mol. The zero-order chi connectivity index (χ0) is 27.3. The third-order valence-corrected chi connectivity index (χ3v) is 8.52. The van der Waals surface area contributed by atoms with Crippen molar-refractivity contribution in [1.29, 1.82) is 0 Å². The van der Waals surface area contributed by atoms with Crippen molar-refractivity contribution < 1.29 is 24.2 Å². The SMILES string of the molecule is COCCN1CCCC[C@H](N(C(=O)C2CCC(C)CC2)c2c(C(=O)O)sc(C#CC(C)(C)C)c2C)C1=O. The van der Waals surface area contributed by atoms with Gasteiger partial charge in [-0.05, 0) is 78.6 Å². The van der Waals surface area contributed by atoms with E-state index >= 15 is 0 Å². The van der Waals surface area contributed by atoms with E-state index in [0.29, 0.717) is 48.2 Å².